The van der Waals surface area contributed by atoms with Gasteiger partial charge in [0.05, 0.1) is 0 Å². The van der Waals surface area contributed by atoms with Gasteiger partial charge in [-0.1, -0.05) is 25.7 Å². The quantitative estimate of drug-likeness (QED) is 0.596. The van der Waals surface area contributed by atoms with Crippen LogP contribution in [0.5, 0.6) is 11.6 Å². The first kappa shape index (κ1) is 19.2. The summed E-state index contributed by atoms with van der Waals surface area (Å²) in [6.45, 7) is 1.84. The summed E-state index contributed by atoms with van der Waals surface area (Å²) in [5.74, 6) is 3.33. The summed E-state index contributed by atoms with van der Waals surface area (Å²) < 4.78 is 7.80. The number of aryl methyl sites for hydroxylation is 1. The summed E-state index contributed by atoms with van der Waals surface area (Å²) in [4.78, 5) is 21.0. The highest BCUT2D eigenvalue weighted by Gasteiger charge is 2.16. The van der Waals surface area contributed by atoms with Crippen molar-refractivity contribution in [3.63, 3.8) is 0 Å². The van der Waals surface area contributed by atoms with Gasteiger partial charge in [0.2, 0.25) is 11.8 Å². The van der Waals surface area contributed by atoms with Crippen LogP contribution in [0.3, 0.4) is 0 Å². The number of carbonyl (C=O) groups is 1. The molecule has 2 heterocycles. The van der Waals surface area contributed by atoms with E-state index in [0.717, 1.165) is 23.8 Å². The first-order valence-corrected chi connectivity index (χ1v) is 10.2. The van der Waals surface area contributed by atoms with Gasteiger partial charge in [-0.15, -0.1) is 0 Å². The molecule has 1 amide bonds. The number of carbonyl (C=O) groups excluding carboxylic acids is 1. The minimum absolute atomic E-state index is 0.0772. The topological polar surface area (TPSA) is 69.0 Å². The zero-order chi connectivity index (χ0) is 20.1. The van der Waals surface area contributed by atoms with Crippen LogP contribution in [-0.4, -0.2) is 20.4 Å². The molecular formula is C23H26N4O2. The van der Waals surface area contributed by atoms with E-state index < -0.39 is 0 Å². The van der Waals surface area contributed by atoms with Gasteiger partial charge >= 0.3 is 0 Å². The van der Waals surface area contributed by atoms with Crippen LogP contribution in [0, 0.1) is 12.8 Å². The van der Waals surface area contributed by atoms with E-state index in [2.05, 4.69) is 15.3 Å². The third-order valence-corrected chi connectivity index (χ3v) is 5.28. The van der Waals surface area contributed by atoms with Crippen molar-refractivity contribution in [2.45, 2.75) is 45.4 Å². The van der Waals surface area contributed by atoms with Crippen LogP contribution in [0.2, 0.25) is 0 Å². The zero-order valence-corrected chi connectivity index (χ0v) is 16.7. The van der Waals surface area contributed by atoms with Crippen molar-refractivity contribution in [3.8, 4) is 17.4 Å². The first-order chi connectivity index (χ1) is 14.2. The summed E-state index contributed by atoms with van der Waals surface area (Å²) >= 11 is 0. The molecule has 0 bridgehead atoms. The maximum atomic E-state index is 12.2. The highest BCUT2D eigenvalue weighted by atomic mass is 16.5. The molecule has 1 saturated carbocycles. The maximum absolute atomic E-state index is 12.2. The Balaban J connectivity index is 1.35. The van der Waals surface area contributed by atoms with Crippen molar-refractivity contribution in [2.75, 3.05) is 5.32 Å². The molecule has 0 spiro atoms. The van der Waals surface area contributed by atoms with Crippen molar-refractivity contribution in [1.29, 1.82) is 0 Å². The molecule has 0 aliphatic heterocycles. The minimum Gasteiger partial charge on any atom is -0.439 e. The number of hydrogen-bond donors (Lipinski definition) is 1. The number of rotatable bonds is 7. The zero-order valence-electron chi connectivity index (χ0n) is 16.7. The number of amides is 1. The Bertz CT molecular complexity index is 946. The number of benzene rings is 1. The smallest absolute Gasteiger partial charge is 0.224 e. The van der Waals surface area contributed by atoms with Gasteiger partial charge < -0.3 is 14.6 Å². The lowest BCUT2D eigenvalue weighted by Gasteiger charge is -2.11. The Morgan fingerprint density at radius 3 is 2.59 bits per heavy atom. The van der Waals surface area contributed by atoms with Crippen molar-refractivity contribution < 1.29 is 9.53 Å². The predicted molar refractivity (Wildman–Crippen MR) is 112 cm³/mol. The van der Waals surface area contributed by atoms with E-state index in [1.54, 1.807) is 6.07 Å². The molecule has 0 unspecified atom stereocenters. The molecule has 3 aromatic rings. The minimum atomic E-state index is 0.0772. The highest BCUT2D eigenvalue weighted by molar-refractivity contribution is 5.90. The Kier molecular flexibility index (Phi) is 5.89. The third kappa shape index (κ3) is 5.22. The van der Waals surface area contributed by atoms with Crippen LogP contribution >= 0.6 is 0 Å². The molecule has 0 atom stereocenters. The molecule has 6 heteroatoms. The van der Waals surface area contributed by atoms with Crippen LogP contribution in [0.25, 0.3) is 5.82 Å². The van der Waals surface area contributed by atoms with Crippen molar-refractivity contribution in [2.24, 2.45) is 5.92 Å². The SMILES string of the molecule is Cc1nc(Oc2ccc(NC(=O)CCC3CCCC3)cc2)cc(-n2cccc2)n1. The lowest BCUT2D eigenvalue weighted by Crippen LogP contribution is -2.12. The number of nitrogens with one attached hydrogen (secondary N) is 1. The molecule has 150 valence electrons. The van der Waals surface area contributed by atoms with Crippen LogP contribution in [0.15, 0.2) is 54.9 Å². The monoisotopic (exact) mass is 390 g/mol. The van der Waals surface area contributed by atoms with Gasteiger partial charge in [-0.3, -0.25) is 4.79 Å². The average molecular weight is 390 g/mol. The molecule has 4 rings (SSSR count). The highest BCUT2D eigenvalue weighted by Crippen LogP contribution is 2.29. The average Bonchev–Trinajstić information content (AvgIpc) is 3.42. The largest absolute Gasteiger partial charge is 0.439 e. The van der Waals surface area contributed by atoms with E-state index in [9.17, 15) is 4.79 Å². The lowest BCUT2D eigenvalue weighted by molar-refractivity contribution is -0.116. The summed E-state index contributed by atoms with van der Waals surface area (Å²) in [6.07, 6.45) is 10.6. The van der Waals surface area contributed by atoms with Gasteiger partial charge in [-0.25, -0.2) is 4.98 Å². The van der Waals surface area contributed by atoms with E-state index in [-0.39, 0.29) is 5.91 Å². The summed E-state index contributed by atoms with van der Waals surface area (Å²) in [6, 6.07) is 13.1. The Morgan fingerprint density at radius 2 is 1.86 bits per heavy atom. The van der Waals surface area contributed by atoms with Gasteiger partial charge in [0, 0.05) is 30.6 Å². The summed E-state index contributed by atoms with van der Waals surface area (Å²) in [5, 5.41) is 2.97. The molecule has 1 fully saturated rings. The molecule has 1 aliphatic carbocycles. The Morgan fingerprint density at radius 1 is 1.14 bits per heavy atom. The Hall–Kier alpha value is -3.15. The molecule has 1 aliphatic rings. The van der Waals surface area contributed by atoms with E-state index >= 15 is 0 Å². The van der Waals surface area contributed by atoms with Crippen molar-refractivity contribution in [1.82, 2.24) is 14.5 Å². The van der Waals surface area contributed by atoms with Gasteiger partial charge in [0.25, 0.3) is 0 Å². The number of anilines is 1. The second-order valence-electron chi connectivity index (χ2n) is 7.57. The number of ether oxygens (including phenoxy) is 1. The summed E-state index contributed by atoms with van der Waals surface area (Å²) in [5.41, 5.74) is 0.778. The van der Waals surface area contributed by atoms with E-state index in [0.29, 0.717) is 23.9 Å². The van der Waals surface area contributed by atoms with Crippen LogP contribution in [-0.2, 0) is 4.79 Å². The molecule has 1 N–H and O–H groups in total. The predicted octanol–water partition coefficient (Wildman–Crippen LogP) is 5.28. The lowest BCUT2D eigenvalue weighted by atomic mass is 10.0. The fraction of sp³-hybridized carbons (Fsp3) is 0.348. The molecule has 0 radical (unpaired) electrons. The number of hydrogen-bond acceptors (Lipinski definition) is 4. The third-order valence-electron chi connectivity index (χ3n) is 5.28. The molecule has 6 nitrogen and oxygen atoms in total. The second-order valence-corrected chi connectivity index (χ2v) is 7.57. The normalized spacial score (nSPS) is 14.1. The fourth-order valence-electron chi connectivity index (χ4n) is 3.78. The summed E-state index contributed by atoms with van der Waals surface area (Å²) in [7, 11) is 0. The molecular weight excluding hydrogens is 364 g/mol. The second kappa shape index (κ2) is 8.90. The number of nitrogens with zero attached hydrogens (tertiary/aromatic N) is 3. The van der Waals surface area contributed by atoms with Crippen molar-refractivity contribution in [3.05, 3.63) is 60.7 Å². The van der Waals surface area contributed by atoms with Gasteiger partial charge in [-0.2, -0.15) is 4.98 Å². The van der Waals surface area contributed by atoms with E-state index in [4.69, 9.17) is 4.74 Å². The van der Waals surface area contributed by atoms with Crippen LogP contribution in [0.1, 0.15) is 44.3 Å². The molecule has 0 saturated heterocycles. The van der Waals surface area contributed by atoms with Crippen LogP contribution in [0.4, 0.5) is 5.69 Å². The van der Waals surface area contributed by atoms with E-state index in [1.807, 2.05) is 60.3 Å². The maximum Gasteiger partial charge on any atom is 0.224 e. The molecule has 2 aromatic heterocycles. The molecule has 1 aromatic carbocycles. The fourth-order valence-corrected chi connectivity index (χ4v) is 3.78. The Labute approximate surface area is 171 Å². The van der Waals surface area contributed by atoms with Crippen molar-refractivity contribution >= 4 is 11.6 Å². The standard InChI is InChI=1S/C23H26N4O2/c1-17-24-21(27-14-4-5-15-27)16-23(25-17)29-20-11-9-19(10-12-20)26-22(28)13-8-18-6-2-3-7-18/h4-5,9-12,14-16,18H,2-3,6-8,13H2,1H3,(H,26,28). The van der Waals surface area contributed by atoms with Gasteiger partial charge in [0.15, 0.2) is 0 Å². The van der Waals surface area contributed by atoms with Gasteiger partial charge in [-0.05, 0) is 55.7 Å². The van der Waals surface area contributed by atoms with Gasteiger partial charge in [0.1, 0.15) is 17.4 Å². The first-order valence-electron chi connectivity index (χ1n) is 10.2. The van der Waals surface area contributed by atoms with E-state index in [1.165, 1.54) is 25.7 Å². The van der Waals surface area contributed by atoms with Crippen LogP contribution < -0.4 is 10.1 Å². The number of aromatic nitrogens is 3. The molecule has 29 heavy (non-hydrogen) atoms.